The van der Waals surface area contributed by atoms with Gasteiger partial charge in [-0.1, -0.05) is 0 Å². The van der Waals surface area contributed by atoms with Crippen molar-refractivity contribution in [2.24, 2.45) is 4.36 Å². The van der Waals surface area contributed by atoms with Gasteiger partial charge in [-0.3, -0.25) is 4.98 Å². The Kier molecular flexibility index (Phi) is 2.38. The lowest BCUT2D eigenvalue weighted by atomic mass is 10.4. The van der Waals surface area contributed by atoms with E-state index in [1.807, 2.05) is 6.07 Å². The van der Waals surface area contributed by atoms with Crippen LogP contribution in [-0.4, -0.2) is 20.7 Å². The van der Waals surface area contributed by atoms with E-state index in [4.69, 9.17) is 0 Å². The Balaban J connectivity index is 2.37. The second-order valence-electron chi connectivity index (χ2n) is 2.99. The summed E-state index contributed by atoms with van der Waals surface area (Å²) in [6.07, 6.45) is 4.35. The van der Waals surface area contributed by atoms with Crippen LogP contribution in [0.15, 0.2) is 27.3 Å². The molecule has 0 spiro atoms. The number of hydrogen-bond acceptors (Lipinski definition) is 3. The maximum absolute atomic E-state index is 11.7. The molecule has 1 aromatic heterocycles. The molecular weight excluding hydrogens is 252 g/mol. The van der Waals surface area contributed by atoms with Crippen LogP contribution in [0.4, 0.5) is 5.69 Å². The minimum Gasteiger partial charge on any atom is -0.261 e. The summed E-state index contributed by atoms with van der Waals surface area (Å²) in [4.78, 5) is 3.96. The van der Waals surface area contributed by atoms with Crippen molar-refractivity contribution in [3.63, 3.8) is 0 Å². The highest BCUT2D eigenvalue weighted by Gasteiger charge is 2.18. The zero-order chi connectivity index (χ0) is 9.31. The van der Waals surface area contributed by atoms with E-state index in [1.165, 1.54) is 0 Å². The highest BCUT2D eigenvalue weighted by molar-refractivity contribution is 9.10. The number of nitrogens with zero attached hydrogens (tertiary/aromatic N) is 2. The van der Waals surface area contributed by atoms with Gasteiger partial charge in [0.15, 0.2) is 0 Å². The van der Waals surface area contributed by atoms with Crippen LogP contribution < -0.4 is 0 Å². The standard InChI is InChI=1S/C8H9BrN2OS/c9-7-4-8(6-10-5-7)11-13(12)2-1-3-13/h4-6H,1-3H2. The van der Waals surface area contributed by atoms with Gasteiger partial charge in [-0.05, 0) is 28.4 Å². The number of halogens is 1. The Bertz CT molecular complexity index is 428. The zero-order valence-corrected chi connectivity index (χ0v) is 9.34. The normalized spacial score (nSPS) is 19.2. The first-order chi connectivity index (χ1) is 6.18. The van der Waals surface area contributed by atoms with Gasteiger partial charge in [0.25, 0.3) is 0 Å². The molecule has 0 atom stereocenters. The lowest BCUT2D eigenvalue weighted by Gasteiger charge is -2.17. The van der Waals surface area contributed by atoms with E-state index in [0.717, 1.165) is 22.4 Å². The fourth-order valence-corrected chi connectivity index (χ4v) is 2.93. The first kappa shape index (κ1) is 9.15. The molecule has 3 nitrogen and oxygen atoms in total. The van der Waals surface area contributed by atoms with Gasteiger partial charge in [0, 0.05) is 22.2 Å². The molecule has 13 heavy (non-hydrogen) atoms. The molecule has 0 amide bonds. The molecular formula is C8H9BrN2OS. The second-order valence-corrected chi connectivity index (χ2v) is 6.45. The van der Waals surface area contributed by atoms with Gasteiger partial charge in [0.1, 0.15) is 0 Å². The molecule has 0 radical (unpaired) electrons. The van der Waals surface area contributed by atoms with Gasteiger partial charge >= 0.3 is 0 Å². The number of pyridine rings is 1. The predicted molar refractivity (Wildman–Crippen MR) is 56.5 cm³/mol. The molecule has 0 aliphatic carbocycles. The molecule has 1 aromatic rings. The third kappa shape index (κ3) is 2.08. The molecule has 5 heteroatoms. The Morgan fingerprint density at radius 2 is 2.23 bits per heavy atom. The Hall–Kier alpha value is -0.420. The van der Waals surface area contributed by atoms with Crippen molar-refractivity contribution < 1.29 is 4.21 Å². The monoisotopic (exact) mass is 260 g/mol. The van der Waals surface area contributed by atoms with Gasteiger partial charge < -0.3 is 0 Å². The Morgan fingerprint density at radius 1 is 1.46 bits per heavy atom. The quantitative estimate of drug-likeness (QED) is 0.778. The molecule has 0 aromatic carbocycles. The molecule has 0 bridgehead atoms. The summed E-state index contributed by atoms with van der Waals surface area (Å²) < 4.78 is 16.8. The van der Waals surface area contributed by atoms with Crippen LogP contribution in [0.5, 0.6) is 0 Å². The summed E-state index contributed by atoms with van der Waals surface area (Å²) in [6.45, 7) is 0. The van der Waals surface area contributed by atoms with Crippen LogP contribution in [-0.2, 0) is 9.73 Å². The fraction of sp³-hybridized carbons (Fsp3) is 0.375. The lowest BCUT2D eigenvalue weighted by Crippen LogP contribution is -2.22. The maximum atomic E-state index is 11.7. The van der Waals surface area contributed by atoms with Crippen LogP contribution >= 0.6 is 15.9 Å². The van der Waals surface area contributed by atoms with Crippen molar-refractivity contribution in [3.8, 4) is 0 Å². The SMILES string of the molecule is O=S1(=Nc2cncc(Br)c2)CCC1. The van der Waals surface area contributed by atoms with Gasteiger partial charge in [0.2, 0.25) is 0 Å². The Morgan fingerprint density at radius 3 is 2.77 bits per heavy atom. The summed E-state index contributed by atoms with van der Waals surface area (Å²) in [6, 6.07) is 1.83. The van der Waals surface area contributed by atoms with E-state index < -0.39 is 9.73 Å². The van der Waals surface area contributed by atoms with E-state index >= 15 is 0 Å². The van der Waals surface area contributed by atoms with Crippen molar-refractivity contribution in [1.29, 1.82) is 0 Å². The van der Waals surface area contributed by atoms with Gasteiger partial charge in [-0.25, -0.2) is 4.21 Å². The van der Waals surface area contributed by atoms with E-state index in [-0.39, 0.29) is 0 Å². The molecule has 1 aliphatic heterocycles. The summed E-state index contributed by atoms with van der Waals surface area (Å²) >= 11 is 3.29. The Labute approximate surface area is 85.9 Å². The molecule has 2 rings (SSSR count). The summed E-state index contributed by atoms with van der Waals surface area (Å²) in [5.74, 6) is 1.47. The van der Waals surface area contributed by atoms with Gasteiger partial charge in [0.05, 0.1) is 21.6 Å². The summed E-state index contributed by atoms with van der Waals surface area (Å²) in [5, 5.41) is 0. The topological polar surface area (TPSA) is 42.3 Å². The van der Waals surface area contributed by atoms with Crippen molar-refractivity contribution in [2.75, 3.05) is 11.5 Å². The minimum absolute atomic E-state index is 0.707. The fourth-order valence-electron chi connectivity index (χ4n) is 1.13. The third-order valence-corrected chi connectivity index (χ3v) is 4.72. The third-order valence-electron chi connectivity index (χ3n) is 1.89. The van der Waals surface area contributed by atoms with Crippen molar-refractivity contribution in [2.45, 2.75) is 6.42 Å². The highest BCUT2D eigenvalue weighted by atomic mass is 79.9. The van der Waals surface area contributed by atoms with Gasteiger partial charge in [-0.2, -0.15) is 4.36 Å². The highest BCUT2D eigenvalue weighted by Crippen LogP contribution is 2.22. The van der Waals surface area contributed by atoms with Crippen molar-refractivity contribution in [3.05, 3.63) is 22.9 Å². The molecule has 2 heterocycles. The van der Waals surface area contributed by atoms with Crippen LogP contribution in [0.25, 0.3) is 0 Å². The van der Waals surface area contributed by atoms with Crippen LogP contribution in [0.3, 0.4) is 0 Å². The largest absolute Gasteiger partial charge is 0.261 e. The molecule has 70 valence electrons. The molecule has 1 saturated heterocycles. The predicted octanol–water partition coefficient (Wildman–Crippen LogP) is 2.35. The first-order valence-electron chi connectivity index (χ1n) is 4.01. The van der Waals surface area contributed by atoms with E-state index in [0.29, 0.717) is 5.69 Å². The maximum Gasteiger partial charge on any atom is 0.0924 e. The van der Waals surface area contributed by atoms with E-state index in [1.54, 1.807) is 12.4 Å². The van der Waals surface area contributed by atoms with Gasteiger partial charge in [-0.15, -0.1) is 0 Å². The number of aromatic nitrogens is 1. The number of rotatable bonds is 1. The molecule has 1 aliphatic rings. The van der Waals surface area contributed by atoms with Crippen molar-refractivity contribution in [1.82, 2.24) is 4.98 Å². The average molecular weight is 261 g/mol. The smallest absolute Gasteiger partial charge is 0.0924 e. The molecule has 0 saturated carbocycles. The van der Waals surface area contributed by atoms with Crippen molar-refractivity contribution >= 4 is 31.3 Å². The van der Waals surface area contributed by atoms with E-state index in [9.17, 15) is 4.21 Å². The second kappa shape index (κ2) is 3.38. The zero-order valence-electron chi connectivity index (χ0n) is 6.94. The van der Waals surface area contributed by atoms with Crippen LogP contribution in [0.1, 0.15) is 6.42 Å². The summed E-state index contributed by atoms with van der Waals surface area (Å²) in [7, 11) is -1.89. The molecule has 0 unspecified atom stereocenters. The minimum atomic E-state index is -1.89. The average Bonchev–Trinajstić information content (AvgIpc) is 2.01. The molecule has 0 N–H and O–H groups in total. The first-order valence-corrected chi connectivity index (χ1v) is 6.66. The number of hydrogen-bond donors (Lipinski definition) is 0. The van der Waals surface area contributed by atoms with Crippen LogP contribution in [0.2, 0.25) is 0 Å². The molecule has 1 fully saturated rings. The van der Waals surface area contributed by atoms with E-state index in [2.05, 4.69) is 25.3 Å². The lowest BCUT2D eigenvalue weighted by molar-refractivity contribution is 0.663. The van der Waals surface area contributed by atoms with Crippen LogP contribution in [0, 0.1) is 0 Å². The summed E-state index contributed by atoms with van der Waals surface area (Å²) in [5.41, 5.74) is 0.707.